The minimum Gasteiger partial charge on any atom is -0.370 e. The minimum atomic E-state index is -0.979. The number of aryl methyl sites for hydroxylation is 3. The van der Waals surface area contributed by atoms with Crippen molar-refractivity contribution in [2.24, 2.45) is 47.3 Å². The molecule has 4 saturated heterocycles. The highest BCUT2D eigenvalue weighted by molar-refractivity contribution is 6.12. The van der Waals surface area contributed by atoms with Gasteiger partial charge in [-0.05, 0) is 180 Å². The van der Waals surface area contributed by atoms with Crippen molar-refractivity contribution in [1.82, 2.24) is 78.7 Å². The van der Waals surface area contributed by atoms with Crippen molar-refractivity contribution in [3.63, 3.8) is 0 Å². The van der Waals surface area contributed by atoms with Crippen molar-refractivity contribution in [3.8, 4) is 0 Å². The Labute approximate surface area is 721 Å². The summed E-state index contributed by atoms with van der Waals surface area (Å²) in [6, 6.07) is 36.2. The molecule has 0 saturated carbocycles. The van der Waals surface area contributed by atoms with Crippen LogP contribution in [0.25, 0.3) is 111 Å². The summed E-state index contributed by atoms with van der Waals surface area (Å²) < 4.78 is 63.8. The predicted octanol–water partition coefficient (Wildman–Crippen LogP) is 17.8. The van der Waals surface area contributed by atoms with Gasteiger partial charge in [-0.15, -0.1) is 0 Å². The number of nitrogens with one attached hydrogen (secondary N) is 4. The van der Waals surface area contributed by atoms with Gasteiger partial charge in [-0.3, -0.25) is 36.8 Å². The number of para-hydroxylation sites is 4. The van der Waals surface area contributed by atoms with Crippen LogP contribution in [0, 0.1) is 91.4 Å². The molecule has 16 heterocycles. The lowest BCUT2D eigenvalue weighted by atomic mass is 9.91. The summed E-state index contributed by atoms with van der Waals surface area (Å²) >= 11 is 0. The maximum absolute atomic E-state index is 14.2. The van der Waals surface area contributed by atoms with Gasteiger partial charge >= 0.3 is 0 Å². The van der Waals surface area contributed by atoms with Gasteiger partial charge in [0.05, 0.1) is 66.4 Å². The molecule has 0 radical (unpaired) electrons. The molecule has 4 aromatic carbocycles. The molecule has 4 N–H and O–H groups in total. The fraction of sp³-hybridized carbons (Fsp3) is 0.381. The zero-order chi connectivity index (χ0) is 88.0. The number of nitrogens with zero attached hydrogens (tertiary/aromatic N) is 16. The summed E-state index contributed by atoms with van der Waals surface area (Å²) in [5, 5.41) is 14.8. The number of hydrogen-bond acceptors (Lipinski definition) is 16. The van der Waals surface area contributed by atoms with E-state index in [0.29, 0.717) is 128 Å². The summed E-state index contributed by atoms with van der Waals surface area (Å²) in [5.74, 6) is -0.0412. The number of anilines is 4. The van der Waals surface area contributed by atoms with Crippen LogP contribution in [0.4, 0.5) is 40.3 Å². The van der Waals surface area contributed by atoms with E-state index >= 15 is 0 Å². The average molecular weight is 1690 g/mol. The minimum absolute atomic E-state index is 0.100. The molecule has 28 heteroatoms. The molecule has 646 valence electrons. The second kappa shape index (κ2) is 34.0. The number of imidazole rings is 4. The maximum atomic E-state index is 14.2. The molecular formula is C97H106F4N20O4. The number of aromatic nitrogens is 12. The second-order valence-electron chi connectivity index (χ2n) is 35.7. The molecule has 4 fully saturated rings. The quantitative estimate of drug-likeness (QED) is 0.0929. The van der Waals surface area contributed by atoms with Gasteiger partial charge in [-0.25, -0.2) is 57.4 Å². The highest BCUT2D eigenvalue weighted by Gasteiger charge is 2.33. The Kier molecular flexibility index (Phi) is 22.9. The van der Waals surface area contributed by atoms with Gasteiger partial charge in [-0.1, -0.05) is 79.7 Å². The fourth-order valence-corrected chi connectivity index (χ4v) is 20.2. The SMILES string of the molecule is CCNC(=O)c1cc2c(N3C[C@H](C)C[C@H](C)C3)cc(C)nc2n2c1nc1cc(F)c(F)cc12.CCNC(=O)c1cc2c(N3C[C@H](C)C[C@H](C)C3)cc(C)nc2n2c1nc1ccccc12.CNC(=O)c1cc2c(N3C[C@H](C)C[C@H](C)C3)cc(C)nc2n2c1nc1cc(F)c(F)cc12.CNC(=O)c1cc2c(N3C[C@H](C)C[C@H](C)C3)ccnc2n2c1nc1ccccc12. The fourth-order valence-electron chi connectivity index (χ4n) is 20.2. The lowest BCUT2D eigenvalue weighted by molar-refractivity contribution is 0.0948. The summed E-state index contributed by atoms with van der Waals surface area (Å²) in [4.78, 5) is 98.9. The first-order valence-electron chi connectivity index (χ1n) is 43.7. The van der Waals surface area contributed by atoms with E-state index in [-0.39, 0.29) is 34.7 Å². The molecule has 0 aliphatic carbocycles. The van der Waals surface area contributed by atoms with E-state index in [1.807, 2.05) is 124 Å². The first-order chi connectivity index (χ1) is 60.0. The van der Waals surface area contributed by atoms with Gasteiger partial charge in [0.1, 0.15) is 22.6 Å². The Bertz CT molecular complexity index is 6980. The molecule has 24 nitrogen and oxygen atoms in total. The van der Waals surface area contributed by atoms with Crippen LogP contribution >= 0.6 is 0 Å². The van der Waals surface area contributed by atoms with Gasteiger partial charge in [0, 0.05) is 171 Å². The molecule has 8 atom stereocenters. The molecule has 0 spiro atoms. The normalized spacial score (nSPS) is 19.4. The van der Waals surface area contributed by atoms with Crippen molar-refractivity contribution in [2.45, 2.75) is 116 Å². The van der Waals surface area contributed by atoms with Crippen LogP contribution in [-0.4, -0.2) is 161 Å². The molecule has 4 aliphatic heterocycles. The molecule has 125 heavy (non-hydrogen) atoms. The van der Waals surface area contributed by atoms with Crippen LogP contribution in [0.3, 0.4) is 0 Å². The lowest BCUT2D eigenvalue weighted by Crippen LogP contribution is -2.39. The number of pyridine rings is 8. The highest BCUT2D eigenvalue weighted by Crippen LogP contribution is 2.42. The number of rotatable bonds is 10. The van der Waals surface area contributed by atoms with E-state index in [4.69, 9.17) is 29.9 Å². The molecular weight excluding hydrogens is 1590 g/mol. The number of halogens is 4. The van der Waals surface area contributed by atoms with Gasteiger partial charge < -0.3 is 40.9 Å². The molecule has 0 bridgehead atoms. The number of carbonyl (C=O) groups is 4. The van der Waals surface area contributed by atoms with Crippen molar-refractivity contribution in [2.75, 3.05) is 99.1 Å². The van der Waals surface area contributed by atoms with E-state index < -0.39 is 23.3 Å². The van der Waals surface area contributed by atoms with Crippen LogP contribution < -0.4 is 40.9 Å². The average Bonchev–Trinajstić information content (AvgIpc) is 1.62. The molecule has 4 amide bonds. The van der Waals surface area contributed by atoms with Crippen LogP contribution in [0.2, 0.25) is 0 Å². The maximum Gasteiger partial charge on any atom is 0.255 e. The summed E-state index contributed by atoms with van der Waals surface area (Å²) in [6.45, 7) is 36.6. The Morgan fingerprint density at radius 1 is 0.328 bits per heavy atom. The standard InChI is InChI=1S/C25H27F2N5O.C25H29N5O.C24H25F2N5O.C23H25N5O/c1-5-28-25(33)17-8-16-21(31-11-13(2)6-14(3)12-31)7-15(4)29-23(16)32-22-10-19(27)18(26)9-20(22)30-24(17)32;1-5-26-25(31)19-12-18-22(29-13-15(2)10-16(3)14-29)11-17(4)27-23(18)30-21-9-7-6-8-20(21)28-24(19)30;1-12-5-13(2)11-30(10-12)20-6-14(3)28-22-15(20)7-16(24(32)27-4)23-29-19-8-17(25)18(26)9-21(19)31(22)23;1-14-10-15(2)13-27(12-14)19-8-9-25-21-16(19)11-17(23(29)24-3)22-26-18-6-4-5-7-20(18)28(21)22/h7-10,13-14H,5-6,11-12H2,1-4H3,(H,28,33);6-9,11-12,15-16H,5,10,13-14H2,1-4H3,(H,26,31);6-9,12-13H,5,10-11H2,1-4H3,(H,27,32);4-9,11,14-15H,10,12-13H2,1-3H3,(H,24,29)/t13-,14+;15-,16+;12-,13+;14-,15+. The van der Waals surface area contributed by atoms with Crippen molar-refractivity contribution >= 4 is 157 Å². The van der Waals surface area contributed by atoms with Crippen molar-refractivity contribution in [3.05, 3.63) is 190 Å². The summed E-state index contributed by atoms with van der Waals surface area (Å²) in [5.41, 5.74) is 18.5. The Morgan fingerprint density at radius 2 is 0.608 bits per heavy atom. The van der Waals surface area contributed by atoms with E-state index in [1.54, 1.807) is 29.0 Å². The zero-order valence-corrected chi connectivity index (χ0v) is 73.4. The van der Waals surface area contributed by atoms with Crippen LogP contribution in [-0.2, 0) is 0 Å². The van der Waals surface area contributed by atoms with Crippen LogP contribution in [0.15, 0.2) is 128 Å². The van der Waals surface area contributed by atoms with E-state index in [9.17, 15) is 36.7 Å². The van der Waals surface area contributed by atoms with E-state index in [1.165, 1.54) is 25.7 Å². The second-order valence-corrected chi connectivity index (χ2v) is 35.7. The zero-order valence-electron chi connectivity index (χ0n) is 73.4. The third-order valence-corrected chi connectivity index (χ3v) is 24.8. The summed E-state index contributed by atoms with van der Waals surface area (Å²) in [6.07, 6.45) is 6.71. The Hall–Kier alpha value is -12.9. The van der Waals surface area contributed by atoms with Crippen LogP contribution in [0.5, 0.6) is 0 Å². The third-order valence-electron chi connectivity index (χ3n) is 24.8. The number of piperidine rings is 4. The third kappa shape index (κ3) is 15.8. The molecule has 20 rings (SSSR count). The highest BCUT2D eigenvalue weighted by atomic mass is 19.2. The number of carbonyl (C=O) groups excluding carboxylic acids is 4. The molecule has 12 aromatic heterocycles. The van der Waals surface area contributed by atoms with Crippen LogP contribution in [0.1, 0.15) is 153 Å². The number of fused-ring (bicyclic) bond motifs is 20. The monoisotopic (exact) mass is 1690 g/mol. The Balaban J connectivity index is 0.000000118. The van der Waals surface area contributed by atoms with Crippen molar-refractivity contribution in [1.29, 1.82) is 0 Å². The summed E-state index contributed by atoms with van der Waals surface area (Å²) in [7, 11) is 3.21. The van der Waals surface area contributed by atoms with Gasteiger partial charge in [0.2, 0.25) is 0 Å². The predicted molar refractivity (Wildman–Crippen MR) is 489 cm³/mol. The largest absolute Gasteiger partial charge is 0.370 e. The van der Waals surface area contributed by atoms with Gasteiger partial charge in [-0.2, -0.15) is 0 Å². The molecule has 16 aromatic rings. The Morgan fingerprint density at radius 3 is 0.936 bits per heavy atom. The first kappa shape index (κ1) is 84.3. The number of amides is 4. The topological polar surface area (TPSA) is 250 Å². The van der Waals surface area contributed by atoms with Crippen molar-refractivity contribution < 1.29 is 36.7 Å². The number of hydrogen-bond donors (Lipinski definition) is 4. The van der Waals surface area contributed by atoms with E-state index in [2.05, 4.69) is 123 Å². The lowest BCUT2D eigenvalue weighted by Gasteiger charge is -2.37. The van der Waals surface area contributed by atoms with Gasteiger partial charge in [0.15, 0.2) is 45.9 Å². The smallest absolute Gasteiger partial charge is 0.255 e. The van der Waals surface area contributed by atoms with Gasteiger partial charge in [0.25, 0.3) is 23.6 Å². The molecule has 4 aliphatic rings. The first-order valence-corrected chi connectivity index (χ1v) is 43.7. The number of benzene rings is 4. The molecule has 0 unspecified atom stereocenters. The van der Waals surface area contributed by atoms with E-state index in [0.717, 1.165) is 171 Å².